The molecule has 0 radical (unpaired) electrons. The van der Waals surface area contributed by atoms with Gasteiger partial charge in [0.25, 0.3) is 5.91 Å². The number of quaternary nitrogens is 2. The first kappa shape index (κ1) is 17.6. The van der Waals surface area contributed by atoms with Crippen molar-refractivity contribution in [1.29, 1.82) is 0 Å². The number of amides is 1. The molecule has 1 aromatic carbocycles. The molecule has 1 aliphatic rings. The zero-order valence-corrected chi connectivity index (χ0v) is 15.0. The molecule has 0 saturated carbocycles. The van der Waals surface area contributed by atoms with Crippen molar-refractivity contribution in [2.24, 2.45) is 0 Å². The summed E-state index contributed by atoms with van der Waals surface area (Å²) >= 11 is 0. The number of hydrogen-bond acceptors (Lipinski definition) is 3. The van der Waals surface area contributed by atoms with Crippen LogP contribution in [0.4, 0.5) is 0 Å². The molecule has 1 atom stereocenters. The minimum Gasteiger partial charge on any atom is -0.361 e. The quantitative estimate of drug-likeness (QED) is 0.639. The van der Waals surface area contributed by atoms with Crippen LogP contribution in [0.2, 0.25) is 0 Å². The van der Waals surface area contributed by atoms with Crippen molar-refractivity contribution in [2.45, 2.75) is 26.4 Å². The van der Waals surface area contributed by atoms with Gasteiger partial charge >= 0.3 is 0 Å². The highest BCUT2D eigenvalue weighted by Crippen LogP contribution is 2.10. The summed E-state index contributed by atoms with van der Waals surface area (Å²) in [5, 5.41) is 7.18. The van der Waals surface area contributed by atoms with Crippen LogP contribution in [0.25, 0.3) is 0 Å². The number of nitrogens with zero attached hydrogens (tertiary/aromatic N) is 1. The molecule has 1 aromatic heterocycles. The molecule has 6 nitrogen and oxygen atoms in total. The standard InChI is InChI=1S/C19H26N4O2/c1-15-12-18(21-25-15)13-22-8-10-23(11-9-22)14-19(24)20-16(2)17-6-4-3-5-7-17/h3-7,12,16H,8-11,13-14H2,1-2H3,(H,20,24)/p+2/t16-/m0/s1. The second-order valence-corrected chi connectivity index (χ2v) is 6.98. The number of rotatable bonds is 6. The van der Waals surface area contributed by atoms with E-state index in [1.54, 1.807) is 0 Å². The third kappa shape index (κ3) is 5.14. The van der Waals surface area contributed by atoms with Gasteiger partial charge in [-0.25, -0.2) is 0 Å². The molecule has 1 aliphatic heterocycles. The van der Waals surface area contributed by atoms with E-state index in [2.05, 4.69) is 10.5 Å². The molecule has 1 saturated heterocycles. The average molecular weight is 344 g/mol. The Labute approximate surface area is 148 Å². The molecule has 2 heterocycles. The summed E-state index contributed by atoms with van der Waals surface area (Å²) in [6.45, 7) is 9.55. The smallest absolute Gasteiger partial charge is 0.275 e. The van der Waals surface area contributed by atoms with E-state index in [4.69, 9.17) is 4.52 Å². The summed E-state index contributed by atoms with van der Waals surface area (Å²) in [6.07, 6.45) is 0. The molecule has 0 aliphatic carbocycles. The third-order valence-electron chi connectivity index (χ3n) is 4.86. The first-order valence-electron chi connectivity index (χ1n) is 9.04. The molecule has 6 heteroatoms. The summed E-state index contributed by atoms with van der Waals surface area (Å²) in [6, 6.07) is 12.1. The Morgan fingerprint density at radius 2 is 1.88 bits per heavy atom. The Balaban J connectivity index is 1.40. The lowest BCUT2D eigenvalue weighted by molar-refractivity contribution is -1.02. The molecule has 2 aromatic rings. The topological polar surface area (TPSA) is 64.0 Å². The van der Waals surface area contributed by atoms with Crippen molar-refractivity contribution in [3.05, 3.63) is 53.4 Å². The number of carbonyl (C=O) groups excluding carboxylic acids is 1. The van der Waals surface area contributed by atoms with Gasteiger partial charge in [0.05, 0.1) is 6.04 Å². The number of piperazine rings is 1. The Bertz CT molecular complexity index is 678. The van der Waals surface area contributed by atoms with E-state index in [1.165, 1.54) is 9.80 Å². The lowest BCUT2D eigenvalue weighted by atomic mass is 10.1. The SMILES string of the molecule is Cc1cc(C[NH+]2CC[NH+](CC(=O)N[C@@H](C)c3ccccc3)CC2)no1. The molecule has 1 fully saturated rings. The molecule has 0 unspecified atom stereocenters. The highest BCUT2D eigenvalue weighted by molar-refractivity contribution is 5.77. The summed E-state index contributed by atoms with van der Waals surface area (Å²) in [7, 11) is 0. The number of hydrogen-bond donors (Lipinski definition) is 3. The Hall–Kier alpha value is -2.18. The van der Waals surface area contributed by atoms with Crippen LogP contribution >= 0.6 is 0 Å². The van der Waals surface area contributed by atoms with Gasteiger partial charge < -0.3 is 19.6 Å². The Morgan fingerprint density at radius 1 is 1.20 bits per heavy atom. The van der Waals surface area contributed by atoms with Crippen LogP contribution < -0.4 is 15.1 Å². The van der Waals surface area contributed by atoms with Gasteiger partial charge in [-0.1, -0.05) is 35.5 Å². The first-order valence-corrected chi connectivity index (χ1v) is 9.04. The molecule has 25 heavy (non-hydrogen) atoms. The maximum Gasteiger partial charge on any atom is 0.275 e. The largest absolute Gasteiger partial charge is 0.361 e. The minimum atomic E-state index is 0.0513. The molecule has 3 rings (SSSR count). The summed E-state index contributed by atoms with van der Waals surface area (Å²) < 4.78 is 5.13. The number of nitrogens with one attached hydrogen (secondary N) is 3. The molecule has 3 N–H and O–H groups in total. The molecule has 0 bridgehead atoms. The molecular weight excluding hydrogens is 316 g/mol. The van der Waals surface area contributed by atoms with Crippen molar-refractivity contribution < 1.29 is 19.1 Å². The van der Waals surface area contributed by atoms with E-state index in [9.17, 15) is 4.79 Å². The second kappa shape index (κ2) is 8.27. The highest BCUT2D eigenvalue weighted by Gasteiger charge is 2.26. The Morgan fingerprint density at radius 3 is 2.52 bits per heavy atom. The van der Waals surface area contributed by atoms with E-state index in [-0.39, 0.29) is 11.9 Å². The van der Waals surface area contributed by atoms with Crippen molar-refractivity contribution in [3.63, 3.8) is 0 Å². The van der Waals surface area contributed by atoms with Gasteiger partial charge in [-0.2, -0.15) is 0 Å². The monoisotopic (exact) mass is 344 g/mol. The third-order valence-corrected chi connectivity index (χ3v) is 4.86. The molecule has 134 valence electrons. The fourth-order valence-electron chi connectivity index (χ4n) is 3.41. The zero-order chi connectivity index (χ0) is 17.6. The van der Waals surface area contributed by atoms with E-state index >= 15 is 0 Å². The van der Waals surface area contributed by atoms with Gasteiger partial charge in [-0.15, -0.1) is 0 Å². The number of aryl methyl sites for hydroxylation is 1. The normalized spacial score (nSPS) is 21.7. The van der Waals surface area contributed by atoms with Gasteiger partial charge in [0.2, 0.25) is 0 Å². The highest BCUT2D eigenvalue weighted by atomic mass is 16.5. The van der Waals surface area contributed by atoms with Gasteiger partial charge in [-0.05, 0) is 19.4 Å². The summed E-state index contributed by atoms with van der Waals surface area (Å²) in [5.74, 6) is 0.991. The maximum atomic E-state index is 12.3. The molecule has 1 amide bonds. The van der Waals surface area contributed by atoms with Crippen LogP contribution in [-0.4, -0.2) is 43.8 Å². The van der Waals surface area contributed by atoms with Crippen molar-refractivity contribution >= 4 is 5.91 Å². The molecular formula is C19H28N4O2+2. The predicted molar refractivity (Wildman–Crippen MR) is 94.2 cm³/mol. The summed E-state index contributed by atoms with van der Waals surface area (Å²) in [4.78, 5) is 15.2. The van der Waals surface area contributed by atoms with Crippen LogP contribution in [-0.2, 0) is 11.3 Å². The molecule has 0 spiro atoms. The van der Waals surface area contributed by atoms with Gasteiger partial charge in [0, 0.05) is 6.07 Å². The number of benzene rings is 1. The van der Waals surface area contributed by atoms with Crippen LogP contribution in [0.1, 0.15) is 30.0 Å². The Kier molecular flexibility index (Phi) is 5.83. The predicted octanol–water partition coefficient (Wildman–Crippen LogP) is -0.856. The van der Waals surface area contributed by atoms with Crippen LogP contribution in [0.5, 0.6) is 0 Å². The lowest BCUT2D eigenvalue weighted by Gasteiger charge is -2.29. The van der Waals surface area contributed by atoms with Crippen molar-refractivity contribution in [1.82, 2.24) is 10.5 Å². The van der Waals surface area contributed by atoms with Crippen LogP contribution in [0, 0.1) is 6.92 Å². The minimum absolute atomic E-state index is 0.0513. The van der Waals surface area contributed by atoms with Crippen molar-refractivity contribution in [2.75, 3.05) is 32.7 Å². The van der Waals surface area contributed by atoms with E-state index in [0.717, 1.165) is 49.7 Å². The number of aromatic nitrogens is 1. The number of carbonyl (C=O) groups is 1. The average Bonchev–Trinajstić information content (AvgIpc) is 3.02. The summed E-state index contributed by atoms with van der Waals surface area (Å²) in [5.41, 5.74) is 2.16. The fourth-order valence-corrected chi connectivity index (χ4v) is 3.41. The van der Waals surface area contributed by atoms with E-state index < -0.39 is 0 Å². The van der Waals surface area contributed by atoms with Gasteiger partial charge in [0.1, 0.15) is 44.2 Å². The maximum absolute atomic E-state index is 12.3. The second-order valence-electron chi connectivity index (χ2n) is 6.98. The first-order chi connectivity index (χ1) is 12.1. The van der Waals surface area contributed by atoms with Crippen LogP contribution in [0.3, 0.4) is 0 Å². The van der Waals surface area contributed by atoms with Crippen LogP contribution in [0.15, 0.2) is 40.9 Å². The van der Waals surface area contributed by atoms with Gasteiger partial charge in [0.15, 0.2) is 6.54 Å². The van der Waals surface area contributed by atoms with Crippen molar-refractivity contribution in [3.8, 4) is 0 Å². The fraction of sp³-hybridized carbons (Fsp3) is 0.474. The zero-order valence-electron chi connectivity index (χ0n) is 15.0. The lowest BCUT2D eigenvalue weighted by Crippen LogP contribution is -3.28. The van der Waals surface area contributed by atoms with E-state index in [1.807, 2.05) is 50.2 Å². The van der Waals surface area contributed by atoms with E-state index in [0.29, 0.717) is 6.54 Å². The van der Waals surface area contributed by atoms with Gasteiger partial charge in [-0.3, -0.25) is 4.79 Å².